The Labute approximate surface area is 265 Å². The fourth-order valence-electron chi connectivity index (χ4n) is 7.29. The number of fused-ring (bicyclic) bond motifs is 3. The minimum absolute atomic E-state index is 0.0742. The Kier molecular flexibility index (Phi) is 7.85. The molecule has 3 N–H and O–H groups in total. The number of alkyl halides is 3. The third-order valence-corrected chi connectivity index (χ3v) is 10.5. The molecule has 3 fully saturated rings. The summed E-state index contributed by atoms with van der Waals surface area (Å²) in [6, 6.07) is 2.38. The smallest absolute Gasteiger partial charge is 0.319 e. The van der Waals surface area contributed by atoms with Gasteiger partial charge in [0.2, 0.25) is 0 Å². The van der Waals surface area contributed by atoms with Crippen molar-refractivity contribution < 1.29 is 26.7 Å². The number of nitrogens with one attached hydrogen (secondary N) is 1. The van der Waals surface area contributed by atoms with Crippen LogP contribution in [-0.4, -0.2) is 76.9 Å². The lowest BCUT2D eigenvalue weighted by Gasteiger charge is -2.35. The number of nitriles is 1. The SMILES string of the molecule is CCC1CN(c2nc(OC[C@@]34CCCN3C[C@H](F)C4)nc3c(C(F)F)c(-c4c(F)cc(F)c5sc(N)c(C#N)c45)ncc23)CCN1. The minimum Gasteiger partial charge on any atom is -0.461 e. The Morgan fingerprint density at radius 1 is 1.24 bits per heavy atom. The van der Waals surface area contributed by atoms with Gasteiger partial charge in [0.05, 0.1) is 38.0 Å². The van der Waals surface area contributed by atoms with Crippen LogP contribution in [0.25, 0.3) is 32.2 Å². The number of nitrogen functional groups attached to an aromatic ring is 1. The minimum atomic E-state index is -3.21. The average molecular weight is 659 g/mol. The molecule has 7 rings (SSSR count). The predicted molar refractivity (Wildman–Crippen MR) is 165 cm³/mol. The number of piperazine rings is 1. The van der Waals surface area contributed by atoms with Crippen LogP contribution in [0.1, 0.15) is 50.2 Å². The van der Waals surface area contributed by atoms with E-state index in [0.29, 0.717) is 44.5 Å². The van der Waals surface area contributed by atoms with Crippen LogP contribution in [0.2, 0.25) is 0 Å². The van der Waals surface area contributed by atoms with E-state index in [0.717, 1.165) is 37.1 Å². The first-order valence-corrected chi connectivity index (χ1v) is 16.0. The molecule has 1 aromatic carbocycles. The van der Waals surface area contributed by atoms with Crippen molar-refractivity contribution in [1.82, 2.24) is 25.2 Å². The van der Waals surface area contributed by atoms with Crippen molar-refractivity contribution in [3.05, 3.63) is 35.0 Å². The molecule has 3 aliphatic rings. The van der Waals surface area contributed by atoms with Gasteiger partial charge in [-0.15, -0.1) is 11.3 Å². The predicted octanol–water partition coefficient (Wildman–Crippen LogP) is 5.72. The topological polar surface area (TPSA) is 116 Å². The Morgan fingerprint density at radius 3 is 2.83 bits per heavy atom. The molecule has 4 aromatic rings. The molecular formula is C31H31F5N8OS. The lowest BCUT2D eigenvalue weighted by molar-refractivity contribution is 0.107. The second kappa shape index (κ2) is 11.7. The van der Waals surface area contributed by atoms with Crippen LogP contribution in [0.4, 0.5) is 32.8 Å². The van der Waals surface area contributed by atoms with E-state index in [1.165, 1.54) is 6.20 Å². The number of rotatable bonds is 7. The van der Waals surface area contributed by atoms with Crippen molar-refractivity contribution in [3.8, 4) is 23.3 Å². The largest absolute Gasteiger partial charge is 0.461 e. The summed E-state index contributed by atoms with van der Waals surface area (Å²) in [5.74, 6) is -1.81. The maximum Gasteiger partial charge on any atom is 0.319 e. The van der Waals surface area contributed by atoms with Crippen molar-refractivity contribution in [2.24, 2.45) is 0 Å². The lowest BCUT2D eigenvalue weighted by atomic mass is 9.95. The number of nitrogens with zero attached hydrogens (tertiary/aromatic N) is 6. The maximum atomic E-state index is 15.6. The van der Waals surface area contributed by atoms with Gasteiger partial charge < -0.3 is 20.7 Å². The molecule has 3 aliphatic heterocycles. The molecule has 6 heterocycles. The Bertz CT molecular complexity index is 1880. The zero-order chi connectivity index (χ0) is 32.3. The number of pyridine rings is 1. The molecule has 0 aliphatic carbocycles. The summed E-state index contributed by atoms with van der Waals surface area (Å²) in [7, 11) is 0. The van der Waals surface area contributed by atoms with E-state index in [1.807, 2.05) is 17.9 Å². The number of hydrogen-bond acceptors (Lipinski definition) is 10. The number of ether oxygens (including phenoxy) is 1. The molecular weight excluding hydrogens is 627 g/mol. The van der Waals surface area contributed by atoms with Crippen molar-refractivity contribution in [2.75, 3.05) is 50.0 Å². The first-order valence-electron chi connectivity index (χ1n) is 15.2. The highest BCUT2D eigenvalue weighted by molar-refractivity contribution is 7.23. The number of hydrogen-bond donors (Lipinski definition) is 2. The van der Waals surface area contributed by atoms with Gasteiger partial charge in [0.15, 0.2) is 0 Å². The normalized spacial score (nSPS) is 23.5. The molecule has 0 amide bonds. The van der Waals surface area contributed by atoms with Crippen molar-refractivity contribution in [2.45, 2.75) is 56.8 Å². The number of aromatic nitrogens is 3. The van der Waals surface area contributed by atoms with Gasteiger partial charge in [0.25, 0.3) is 6.43 Å². The Morgan fingerprint density at radius 2 is 2.07 bits per heavy atom. The van der Waals surface area contributed by atoms with Crippen LogP contribution in [0, 0.1) is 23.0 Å². The van der Waals surface area contributed by atoms with E-state index in [4.69, 9.17) is 10.5 Å². The molecule has 0 spiro atoms. The van der Waals surface area contributed by atoms with Gasteiger partial charge in [0, 0.05) is 61.9 Å². The number of anilines is 2. The highest BCUT2D eigenvalue weighted by Gasteiger charge is 2.49. The van der Waals surface area contributed by atoms with Gasteiger partial charge in [-0.1, -0.05) is 6.92 Å². The summed E-state index contributed by atoms with van der Waals surface area (Å²) in [4.78, 5) is 17.5. The Balaban J connectivity index is 1.43. The Hall–Kier alpha value is -3.87. The molecule has 0 saturated carbocycles. The summed E-state index contributed by atoms with van der Waals surface area (Å²) >= 11 is 0.726. The van der Waals surface area contributed by atoms with Gasteiger partial charge in [-0.05, 0) is 25.8 Å². The molecule has 0 bridgehead atoms. The first kappa shape index (κ1) is 30.8. The average Bonchev–Trinajstić information content (AvgIpc) is 3.68. The maximum absolute atomic E-state index is 15.6. The van der Waals surface area contributed by atoms with E-state index >= 15 is 13.2 Å². The second-order valence-corrected chi connectivity index (χ2v) is 13.2. The molecule has 1 unspecified atom stereocenters. The zero-order valence-electron chi connectivity index (χ0n) is 24.9. The number of halogens is 5. The quantitative estimate of drug-likeness (QED) is 0.241. The molecule has 242 valence electrons. The van der Waals surface area contributed by atoms with Gasteiger partial charge in [0.1, 0.15) is 41.3 Å². The lowest BCUT2D eigenvalue weighted by Crippen LogP contribution is -2.50. The van der Waals surface area contributed by atoms with Crippen LogP contribution in [0.3, 0.4) is 0 Å². The van der Waals surface area contributed by atoms with Crippen molar-refractivity contribution in [3.63, 3.8) is 0 Å². The van der Waals surface area contributed by atoms with E-state index in [2.05, 4.69) is 25.2 Å². The fraction of sp³-hybridized carbons (Fsp3) is 0.484. The second-order valence-electron chi connectivity index (χ2n) is 12.2. The van der Waals surface area contributed by atoms with E-state index in [1.54, 1.807) is 0 Å². The van der Waals surface area contributed by atoms with Crippen molar-refractivity contribution in [1.29, 1.82) is 5.26 Å². The summed E-state index contributed by atoms with van der Waals surface area (Å²) in [6.45, 7) is 4.84. The monoisotopic (exact) mass is 658 g/mol. The highest BCUT2D eigenvalue weighted by atomic mass is 32.1. The van der Waals surface area contributed by atoms with Gasteiger partial charge in [-0.2, -0.15) is 15.2 Å². The van der Waals surface area contributed by atoms with Gasteiger partial charge in [-0.3, -0.25) is 9.88 Å². The van der Waals surface area contributed by atoms with Crippen molar-refractivity contribution >= 4 is 43.1 Å². The number of thiophene rings is 1. The van der Waals surface area contributed by atoms with E-state index in [9.17, 15) is 14.0 Å². The summed E-state index contributed by atoms with van der Waals surface area (Å²) in [5, 5.41) is 13.1. The van der Waals surface area contributed by atoms with Crippen LogP contribution in [0.15, 0.2) is 12.3 Å². The van der Waals surface area contributed by atoms with Crippen LogP contribution in [0.5, 0.6) is 6.01 Å². The van der Waals surface area contributed by atoms with E-state index < -0.39 is 46.6 Å². The summed E-state index contributed by atoms with van der Waals surface area (Å²) in [5.41, 5.74) is 3.33. The van der Waals surface area contributed by atoms with Gasteiger partial charge in [-0.25, -0.2) is 22.0 Å². The third kappa shape index (κ3) is 4.98. The number of benzene rings is 1. The molecule has 15 heteroatoms. The van der Waals surface area contributed by atoms with Crippen LogP contribution < -0.4 is 20.7 Å². The van der Waals surface area contributed by atoms with Gasteiger partial charge >= 0.3 is 6.01 Å². The molecule has 46 heavy (non-hydrogen) atoms. The fourth-order valence-corrected chi connectivity index (χ4v) is 8.22. The standard InChI is InChI=1S/C31H31F5N8OS/c1-2-16-13-43(7-5-39-16)29-18-11-40-25(22-19(33)8-20(34)26-21(22)17(10-37)28(38)46-26)23(27(35)36)24(18)41-30(42-29)45-14-31-4-3-6-44(31)12-15(32)9-31/h8,11,15-16,27,39H,2-7,9,12-14,38H2,1H3/t15-,16?,31+/m1/s1. The summed E-state index contributed by atoms with van der Waals surface area (Å²) < 4.78 is 81.4. The molecule has 0 radical (unpaired) electrons. The highest BCUT2D eigenvalue weighted by Crippen LogP contribution is 2.46. The first-order chi connectivity index (χ1) is 22.1. The number of nitrogens with two attached hydrogens (primary N) is 1. The molecule has 3 aromatic heterocycles. The zero-order valence-corrected chi connectivity index (χ0v) is 25.7. The molecule has 3 atom stereocenters. The van der Waals surface area contributed by atoms with Crippen LogP contribution >= 0.6 is 11.3 Å². The third-order valence-electron chi connectivity index (χ3n) is 9.48. The molecule has 9 nitrogen and oxygen atoms in total. The summed E-state index contributed by atoms with van der Waals surface area (Å²) in [6.07, 6.45) is -0.164. The van der Waals surface area contributed by atoms with Crippen LogP contribution in [-0.2, 0) is 0 Å². The molecule has 3 saturated heterocycles. The van der Waals surface area contributed by atoms with E-state index in [-0.39, 0.29) is 50.2 Å².